The number of rotatable bonds is 37. The second kappa shape index (κ2) is 45.1. The summed E-state index contributed by atoms with van der Waals surface area (Å²) in [4.78, 5) is 132. The molecule has 51 heteroatoms. The van der Waals surface area contributed by atoms with Gasteiger partial charge in [0, 0.05) is 42.3 Å². The smallest absolute Gasteiger partial charge is 0.404 e. The van der Waals surface area contributed by atoms with Gasteiger partial charge in [0.2, 0.25) is 29.5 Å². The van der Waals surface area contributed by atoms with Gasteiger partial charge in [-0.1, -0.05) is 0 Å². The van der Waals surface area contributed by atoms with Gasteiger partial charge in [0.25, 0.3) is 11.8 Å². The standard InChI is InChI=1S/C60H92N18O26S3.4ClH/c1-19-34(75-49(77-47(19)64)24(10-31(62)83)69-12-23(61)48(65)92)51(94)76-36(44(25-13-67-18-70-25)101-59-46(40(88)37(85)29(14-79)100-59)102-58-42(90)45(103-60(66)97)38(86)30(15-80)99-58)53(96)71-20(2)28(82)11-32(84)74-35(21(3)81)52(95)78-54(104-57-41(89)39(87)33(63)22(4)98-57)43(91)56-73-27(17-106-56)55-72-26(16-105-55)50(93)68-8-7-9-107(5)6;;;;/h13,16-18,20-24,28-30,33,35-46,54,57-59,69,79-82,85-91H,7-12,14-15,61,63H2,1-6H3,(H13-,62,64,65,66,67,68,70,71,74,75,76,77,78,83,84,92,93,94,95,96,97);4*1H/t20-,21-,22?,23+,24+,28+,29?,30?,33?,35+,36+,37?,38?,39?,40?,41?,42?,43?,44+,45?,46?,54?,57?,58?,59?;;;;/m1..../s1. The summed E-state index contributed by atoms with van der Waals surface area (Å²) >= 11 is 1.92. The summed E-state index contributed by atoms with van der Waals surface area (Å²) in [7, 11) is 0.176. The van der Waals surface area contributed by atoms with Crippen LogP contribution >= 0.6 is 59.9 Å². The number of anilines is 1. The maximum absolute atomic E-state index is 15.3. The molecule has 17 unspecified atom stereocenters. The number of aliphatic hydroxyl groups is 11. The minimum absolute atomic E-state index is 0. The van der Waals surface area contributed by atoms with Gasteiger partial charge < -0.3 is 173 Å². The van der Waals surface area contributed by atoms with Crippen molar-refractivity contribution in [3.8, 4) is 10.7 Å². The number of primary amides is 3. The first kappa shape index (κ1) is 98.8. The van der Waals surface area contributed by atoms with Crippen LogP contribution in [0.15, 0.2) is 23.3 Å². The summed E-state index contributed by atoms with van der Waals surface area (Å²) in [6.45, 7) is 2.91. The van der Waals surface area contributed by atoms with Crippen molar-refractivity contribution < 1.29 is 140 Å². The third-order valence-corrected chi connectivity index (χ3v) is 20.1. The Labute approximate surface area is 668 Å². The van der Waals surface area contributed by atoms with Crippen LogP contribution in [0.4, 0.5) is 10.6 Å². The number of aliphatic hydroxyl groups excluding tert-OH is 11. The average Bonchev–Trinajstić information content (AvgIpc) is 1.30. The Balaban J connectivity index is 0.00000798. The van der Waals surface area contributed by atoms with E-state index < -0.39 is 250 Å². The number of nitrogen functional groups attached to an aromatic ring is 1. The number of nitrogens with two attached hydrogens (primary N) is 6. The highest BCUT2D eigenvalue weighted by Gasteiger charge is 2.54. The van der Waals surface area contributed by atoms with Gasteiger partial charge in [0.1, 0.15) is 118 Å². The minimum Gasteiger partial charge on any atom is -1.00 e. The molecule has 0 aromatic carbocycles. The van der Waals surface area contributed by atoms with Crippen molar-refractivity contribution in [1.82, 2.24) is 61.8 Å². The summed E-state index contributed by atoms with van der Waals surface area (Å²) in [5.74, 6) is -7.32. The molecule has 3 aliphatic rings. The fraction of sp³-hybridized carbons (Fsp3) is 0.650. The number of H-pyrrole nitrogens is 1. The molecular weight excluding hydrogens is 1630 g/mol. The van der Waals surface area contributed by atoms with E-state index in [4.69, 9.17) is 67.6 Å². The maximum atomic E-state index is 15.3. The van der Waals surface area contributed by atoms with Crippen molar-refractivity contribution in [3.05, 3.63) is 56.8 Å². The first-order valence-corrected chi connectivity index (χ1v) is 37.0. The lowest BCUT2D eigenvalue weighted by atomic mass is 9.97. The highest BCUT2D eigenvalue weighted by atomic mass is 35.5. The van der Waals surface area contributed by atoms with E-state index in [1.807, 2.05) is 0 Å². The first-order chi connectivity index (χ1) is 50.4. The van der Waals surface area contributed by atoms with Crippen LogP contribution in [0.25, 0.3) is 10.7 Å². The number of thiazole rings is 2. The summed E-state index contributed by atoms with van der Waals surface area (Å²) < 4.78 is 40.4. The number of nitrogens with zero attached hydrogens (tertiary/aromatic N) is 5. The van der Waals surface area contributed by atoms with Gasteiger partial charge in [-0.15, -0.1) is 59.9 Å². The first-order valence-electron chi connectivity index (χ1n) is 33.1. The zero-order valence-electron chi connectivity index (χ0n) is 60.0. The maximum Gasteiger partial charge on any atom is 0.404 e. The Hall–Kier alpha value is -6.38. The molecule has 0 spiro atoms. The predicted octanol–water partition coefficient (Wildman–Crippen LogP) is -12.1. The van der Waals surface area contributed by atoms with Crippen molar-refractivity contribution in [1.29, 1.82) is 0 Å². The van der Waals surface area contributed by atoms with E-state index in [9.17, 15) is 89.7 Å². The predicted molar refractivity (Wildman–Crippen MR) is 392 cm³/mol. The van der Waals surface area contributed by atoms with E-state index in [2.05, 4.69) is 74.3 Å². The number of ether oxygens (including phenoxy) is 7. The van der Waals surface area contributed by atoms with E-state index >= 15 is 4.79 Å². The molecule has 3 fully saturated rings. The van der Waals surface area contributed by atoms with Crippen molar-refractivity contribution in [3.63, 3.8) is 0 Å². The Morgan fingerprint density at radius 2 is 1.39 bits per heavy atom. The van der Waals surface area contributed by atoms with Crippen molar-refractivity contribution in [2.75, 3.05) is 50.3 Å². The quantitative estimate of drug-likeness (QED) is 0.0113. The largest absolute Gasteiger partial charge is 1.00 e. The zero-order chi connectivity index (χ0) is 79.2. The van der Waals surface area contributed by atoms with Crippen LogP contribution in [0.5, 0.6) is 0 Å². The van der Waals surface area contributed by atoms with E-state index in [-0.39, 0.29) is 93.2 Å². The number of aromatic nitrogens is 6. The van der Waals surface area contributed by atoms with Gasteiger partial charge >= 0.3 is 6.09 Å². The van der Waals surface area contributed by atoms with Gasteiger partial charge in [-0.25, -0.2) is 29.7 Å². The molecule has 7 heterocycles. The van der Waals surface area contributed by atoms with Crippen LogP contribution in [-0.2, 0) is 68.0 Å². The van der Waals surface area contributed by atoms with Crippen molar-refractivity contribution in [2.45, 2.75) is 200 Å². The van der Waals surface area contributed by atoms with Crippen LogP contribution in [0.2, 0.25) is 0 Å². The van der Waals surface area contributed by atoms with Gasteiger partial charge in [-0.2, -0.15) is 0 Å². The molecule has 4 aromatic heterocycles. The molecule has 0 aliphatic carbocycles. The Morgan fingerprint density at radius 1 is 0.739 bits per heavy atom. The lowest BCUT2D eigenvalue weighted by Gasteiger charge is -2.47. The lowest BCUT2D eigenvalue weighted by molar-refractivity contribution is -0.372. The SMILES string of the molecule is Cc1c(N)nc([C@H](CC(N)=O)NC[C@H](N)C(N)=O)nc1C(=O)N[C@H](C(=O)N[C@H](C)[C@@H](O)CC(=O)N[C@H](C(=O)NC(OC1OC(C)C(N)C(O)C1O)C(O)c1nc(-c2nc(C(=O)NCCC[S+](C)C)cs2)cs1)[C@@H](C)O)[C@@H](OC1OC(CO)C(O)C(O)C1OC1OC(CO)C(O)C(OC(N)=O)C1O)c1cnc[nH]1.Cl.Cl.Cl.[Cl-]. The number of amides is 8. The highest BCUT2D eigenvalue weighted by Crippen LogP contribution is 2.36. The fourth-order valence-electron chi connectivity index (χ4n) is 11.0. The molecule has 7 rings (SSSR count). The number of imidazole rings is 1. The molecular formula is C60H96Cl4N18O26S3. The van der Waals surface area contributed by atoms with E-state index in [0.29, 0.717) is 6.54 Å². The third kappa shape index (κ3) is 26.1. The van der Waals surface area contributed by atoms with Crippen LogP contribution in [0.3, 0.4) is 0 Å². The van der Waals surface area contributed by atoms with Crippen LogP contribution < -0.4 is 78.7 Å². The molecule has 628 valence electrons. The molecule has 3 aliphatic heterocycles. The lowest BCUT2D eigenvalue weighted by Crippen LogP contribution is -3.00. The van der Waals surface area contributed by atoms with E-state index in [1.165, 1.54) is 24.6 Å². The molecule has 25 atom stereocenters. The second-order valence-electron chi connectivity index (χ2n) is 25.6. The summed E-state index contributed by atoms with van der Waals surface area (Å²) in [5.41, 5.74) is 33.5. The van der Waals surface area contributed by atoms with E-state index in [1.54, 1.807) is 0 Å². The summed E-state index contributed by atoms with van der Waals surface area (Å²) in [6.07, 6.45) is -32.7. The number of nitrogens with one attached hydrogen (secondary N) is 7. The summed E-state index contributed by atoms with van der Waals surface area (Å²) in [6, 6.07) is -9.64. The Kier molecular flexibility index (Phi) is 40.1. The molecule has 0 radical (unpaired) electrons. The Morgan fingerprint density at radius 3 is 1.99 bits per heavy atom. The molecule has 111 heavy (non-hydrogen) atoms. The third-order valence-electron chi connectivity index (χ3n) is 17.2. The number of carbonyl (C=O) groups excluding carboxylic acids is 8. The van der Waals surface area contributed by atoms with Gasteiger partial charge in [0.15, 0.2) is 37.3 Å². The average molecular weight is 1720 g/mol. The number of hydrogen-bond acceptors (Lipinski definition) is 37. The van der Waals surface area contributed by atoms with Crippen LogP contribution in [-0.4, -0.2) is 313 Å². The summed E-state index contributed by atoms with van der Waals surface area (Å²) in [5, 5.41) is 140. The van der Waals surface area contributed by atoms with Gasteiger partial charge in [-0.3, -0.25) is 33.6 Å². The molecule has 3 saturated heterocycles. The number of halogens is 4. The highest BCUT2D eigenvalue weighted by molar-refractivity contribution is 7.95. The fourth-order valence-corrected chi connectivity index (χ4v) is 13.4. The molecule has 0 bridgehead atoms. The van der Waals surface area contributed by atoms with Crippen LogP contribution in [0, 0.1) is 6.92 Å². The Bertz CT molecular complexity index is 3670. The van der Waals surface area contributed by atoms with Crippen molar-refractivity contribution >= 4 is 124 Å². The molecule has 4 aromatic rings. The zero-order valence-corrected chi connectivity index (χ0v) is 65.6. The van der Waals surface area contributed by atoms with E-state index in [0.717, 1.165) is 61.2 Å². The molecule has 30 N–H and O–H groups in total. The number of carbonyl (C=O) groups is 8. The number of hydrogen-bond donors (Lipinski definition) is 24. The minimum atomic E-state index is -2.26. The second-order valence-corrected chi connectivity index (χ2v) is 29.7. The topological polar surface area (TPSA) is 732 Å². The normalized spacial score (nSPS) is 26.4. The van der Waals surface area contributed by atoms with Crippen LogP contribution in [0.1, 0.15) is 101 Å². The van der Waals surface area contributed by atoms with Gasteiger partial charge in [0.05, 0.1) is 92.8 Å². The molecule has 0 saturated carbocycles. The van der Waals surface area contributed by atoms with Gasteiger partial charge in [-0.05, 0) is 38.6 Å². The molecule has 8 amide bonds. The monoisotopic (exact) mass is 1720 g/mol. The van der Waals surface area contributed by atoms with Crippen molar-refractivity contribution in [2.24, 2.45) is 28.7 Å². The number of aromatic amines is 1. The molecule has 44 nitrogen and oxygen atoms in total.